The van der Waals surface area contributed by atoms with E-state index in [0.29, 0.717) is 22.3 Å². The molecule has 0 saturated heterocycles. The Labute approximate surface area is 197 Å². The Morgan fingerprint density at radius 2 is 1.59 bits per heavy atom. The SMILES string of the molecule is CCN(CC(=O)Nc1c(Cl)cccc1Cl)C(=O)CCC(=O)N(CCC#N)c1ccccc1. The van der Waals surface area contributed by atoms with E-state index in [1.54, 1.807) is 49.4 Å². The van der Waals surface area contributed by atoms with Crippen LogP contribution < -0.4 is 10.2 Å². The van der Waals surface area contributed by atoms with Crippen LogP contribution in [-0.4, -0.2) is 42.3 Å². The molecule has 2 rings (SSSR count). The first-order chi connectivity index (χ1) is 15.4. The Kier molecular flexibility index (Phi) is 9.99. The molecule has 0 heterocycles. The highest BCUT2D eigenvalue weighted by Gasteiger charge is 2.21. The van der Waals surface area contributed by atoms with Crippen LogP contribution in [0.5, 0.6) is 0 Å². The minimum absolute atomic E-state index is 0.0341. The van der Waals surface area contributed by atoms with Crippen LogP contribution in [0.2, 0.25) is 10.0 Å². The monoisotopic (exact) mass is 474 g/mol. The summed E-state index contributed by atoms with van der Waals surface area (Å²) in [5.41, 5.74) is 0.957. The molecule has 0 saturated carbocycles. The van der Waals surface area contributed by atoms with E-state index >= 15 is 0 Å². The number of amides is 3. The number of carbonyl (C=O) groups is 3. The smallest absolute Gasteiger partial charge is 0.244 e. The molecule has 9 heteroatoms. The van der Waals surface area contributed by atoms with E-state index in [9.17, 15) is 14.4 Å². The summed E-state index contributed by atoms with van der Waals surface area (Å²) in [7, 11) is 0. The van der Waals surface area contributed by atoms with Gasteiger partial charge in [-0.3, -0.25) is 14.4 Å². The Bertz CT molecular complexity index is 972. The molecule has 0 bridgehead atoms. The van der Waals surface area contributed by atoms with E-state index in [0.717, 1.165) is 0 Å². The van der Waals surface area contributed by atoms with Gasteiger partial charge in [-0.2, -0.15) is 5.26 Å². The van der Waals surface area contributed by atoms with Gasteiger partial charge in [0.05, 0.1) is 34.8 Å². The number of anilines is 2. The second-order valence-electron chi connectivity index (χ2n) is 6.84. The van der Waals surface area contributed by atoms with Gasteiger partial charge >= 0.3 is 0 Å². The van der Waals surface area contributed by atoms with Crippen molar-refractivity contribution in [3.63, 3.8) is 0 Å². The molecule has 0 fully saturated rings. The van der Waals surface area contributed by atoms with Gasteiger partial charge in [0.15, 0.2) is 0 Å². The Morgan fingerprint density at radius 1 is 0.969 bits per heavy atom. The highest BCUT2D eigenvalue weighted by molar-refractivity contribution is 6.39. The number of rotatable bonds is 10. The number of carbonyl (C=O) groups excluding carboxylic acids is 3. The molecular formula is C23H24Cl2N4O3. The second-order valence-corrected chi connectivity index (χ2v) is 7.66. The average Bonchev–Trinajstić information content (AvgIpc) is 2.79. The van der Waals surface area contributed by atoms with Crippen molar-refractivity contribution in [2.45, 2.75) is 26.2 Å². The van der Waals surface area contributed by atoms with E-state index in [4.69, 9.17) is 28.5 Å². The predicted octanol–water partition coefficient (Wildman–Crippen LogP) is 4.51. The summed E-state index contributed by atoms with van der Waals surface area (Å²) < 4.78 is 0. The van der Waals surface area contributed by atoms with Crippen LogP contribution in [0.3, 0.4) is 0 Å². The summed E-state index contributed by atoms with van der Waals surface area (Å²) in [6, 6.07) is 15.9. The lowest BCUT2D eigenvalue weighted by Gasteiger charge is -2.23. The van der Waals surface area contributed by atoms with Crippen LogP contribution >= 0.6 is 23.2 Å². The first-order valence-electron chi connectivity index (χ1n) is 10.1. The van der Waals surface area contributed by atoms with Gasteiger partial charge < -0.3 is 15.1 Å². The van der Waals surface area contributed by atoms with Crippen molar-refractivity contribution in [2.75, 3.05) is 29.9 Å². The lowest BCUT2D eigenvalue weighted by atomic mass is 10.2. The van der Waals surface area contributed by atoms with Crippen molar-refractivity contribution in [3.05, 3.63) is 58.6 Å². The number of halogens is 2. The zero-order chi connectivity index (χ0) is 23.5. The molecule has 7 nitrogen and oxygen atoms in total. The number of hydrogen-bond acceptors (Lipinski definition) is 4. The lowest BCUT2D eigenvalue weighted by Crippen LogP contribution is -2.39. The molecular weight excluding hydrogens is 451 g/mol. The Hall–Kier alpha value is -3.08. The number of para-hydroxylation sites is 2. The summed E-state index contributed by atoms with van der Waals surface area (Å²) in [5.74, 6) is -1.03. The number of benzene rings is 2. The van der Waals surface area contributed by atoms with Gasteiger partial charge in [0.25, 0.3) is 0 Å². The van der Waals surface area contributed by atoms with E-state index in [1.165, 1.54) is 9.80 Å². The van der Waals surface area contributed by atoms with E-state index in [1.807, 2.05) is 12.1 Å². The summed E-state index contributed by atoms with van der Waals surface area (Å²) in [6.45, 7) is 2.10. The molecule has 0 aromatic heterocycles. The predicted molar refractivity (Wildman–Crippen MR) is 126 cm³/mol. The number of nitriles is 1. The second kappa shape index (κ2) is 12.7. The van der Waals surface area contributed by atoms with E-state index in [-0.39, 0.29) is 49.9 Å². The van der Waals surface area contributed by atoms with Gasteiger partial charge in [-0.05, 0) is 31.2 Å². The third kappa shape index (κ3) is 7.26. The molecule has 1 N–H and O–H groups in total. The number of nitrogens with zero attached hydrogens (tertiary/aromatic N) is 3. The van der Waals surface area contributed by atoms with Crippen LogP contribution in [0.1, 0.15) is 26.2 Å². The third-order valence-electron chi connectivity index (χ3n) is 4.66. The zero-order valence-corrected chi connectivity index (χ0v) is 19.2. The Morgan fingerprint density at radius 3 is 2.19 bits per heavy atom. The fourth-order valence-electron chi connectivity index (χ4n) is 3.02. The maximum Gasteiger partial charge on any atom is 0.244 e. The number of hydrogen-bond donors (Lipinski definition) is 1. The maximum absolute atomic E-state index is 12.7. The van der Waals surface area contributed by atoms with Crippen LogP contribution in [0.15, 0.2) is 48.5 Å². The van der Waals surface area contributed by atoms with Crippen LogP contribution in [-0.2, 0) is 14.4 Å². The molecule has 2 aromatic rings. The molecule has 0 aliphatic rings. The normalized spacial score (nSPS) is 10.2. The van der Waals surface area contributed by atoms with Gasteiger partial charge in [0.2, 0.25) is 17.7 Å². The summed E-state index contributed by atoms with van der Waals surface area (Å²) in [6.07, 6.45) is 0.0940. The first-order valence-corrected chi connectivity index (χ1v) is 10.9. The van der Waals surface area contributed by atoms with Gasteiger partial charge in [-0.15, -0.1) is 0 Å². The highest BCUT2D eigenvalue weighted by atomic mass is 35.5. The Balaban J connectivity index is 1.96. The molecule has 0 spiro atoms. The first kappa shape index (κ1) is 25.2. The summed E-state index contributed by atoms with van der Waals surface area (Å²) in [4.78, 5) is 40.7. The molecule has 168 valence electrons. The van der Waals surface area contributed by atoms with Gasteiger partial charge in [0.1, 0.15) is 0 Å². The number of likely N-dealkylation sites (N-methyl/N-ethyl adjacent to an activating group) is 1. The van der Waals surface area contributed by atoms with Crippen LogP contribution in [0.25, 0.3) is 0 Å². The minimum atomic E-state index is -0.443. The topological polar surface area (TPSA) is 93.5 Å². The van der Waals surface area contributed by atoms with E-state index in [2.05, 4.69) is 5.32 Å². The van der Waals surface area contributed by atoms with Gasteiger partial charge in [-0.1, -0.05) is 47.5 Å². The molecule has 0 aliphatic heterocycles. The summed E-state index contributed by atoms with van der Waals surface area (Å²) in [5, 5.41) is 12.1. The highest BCUT2D eigenvalue weighted by Crippen LogP contribution is 2.29. The fourth-order valence-corrected chi connectivity index (χ4v) is 3.51. The van der Waals surface area contributed by atoms with E-state index < -0.39 is 5.91 Å². The maximum atomic E-state index is 12.7. The van der Waals surface area contributed by atoms with Crippen LogP contribution in [0, 0.1) is 11.3 Å². The van der Waals surface area contributed by atoms with Crippen molar-refractivity contribution in [3.8, 4) is 6.07 Å². The molecule has 3 amide bonds. The quantitative estimate of drug-likeness (QED) is 0.547. The fraction of sp³-hybridized carbons (Fsp3) is 0.304. The average molecular weight is 475 g/mol. The van der Waals surface area contributed by atoms with Crippen molar-refractivity contribution < 1.29 is 14.4 Å². The van der Waals surface area contributed by atoms with Crippen LogP contribution in [0.4, 0.5) is 11.4 Å². The van der Waals surface area contributed by atoms with Crippen molar-refractivity contribution in [1.29, 1.82) is 5.26 Å². The van der Waals surface area contributed by atoms with Gasteiger partial charge in [-0.25, -0.2) is 0 Å². The standard InChI is InChI=1S/C23H24Cl2N4O3/c1-2-28(16-20(30)27-23-18(24)10-6-11-19(23)25)21(31)12-13-22(32)29(15-7-14-26)17-8-4-3-5-9-17/h3-6,8-11H,2,7,12-13,15-16H2,1H3,(H,27,30). The van der Waals surface area contributed by atoms with Crippen molar-refractivity contribution >= 4 is 52.3 Å². The summed E-state index contributed by atoms with van der Waals surface area (Å²) >= 11 is 12.1. The lowest BCUT2D eigenvalue weighted by molar-refractivity contribution is -0.135. The molecule has 0 atom stereocenters. The molecule has 32 heavy (non-hydrogen) atoms. The third-order valence-corrected chi connectivity index (χ3v) is 5.29. The van der Waals surface area contributed by atoms with Crippen molar-refractivity contribution in [1.82, 2.24) is 4.90 Å². The molecule has 2 aromatic carbocycles. The zero-order valence-electron chi connectivity index (χ0n) is 17.7. The molecule has 0 aliphatic carbocycles. The van der Waals surface area contributed by atoms with Gasteiger partial charge in [0, 0.05) is 31.6 Å². The number of nitrogens with one attached hydrogen (secondary N) is 1. The molecule has 0 unspecified atom stereocenters. The molecule has 0 radical (unpaired) electrons. The largest absolute Gasteiger partial charge is 0.334 e. The van der Waals surface area contributed by atoms with Crippen molar-refractivity contribution in [2.24, 2.45) is 0 Å². The minimum Gasteiger partial charge on any atom is -0.334 e.